The molecule has 0 radical (unpaired) electrons. The summed E-state index contributed by atoms with van der Waals surface area (Å²) in [6, 6.07) is 3.72. The Morgan fingerprint density at radius 1 is 1.47 bits per heavy atom. The van der Waals surface area contributed by atoms with E-state index in [4.69, 9.17) is 9.84 Å². The fourth-order valence-corrected chi connectivity index (χ4v) is 1.86. The van der Waals surface area contributed by atoms with E-state index in [9.17, 15) is 4.79 Å². The standard InChI is InChI=1S/C15H21NO3/c1-5-6-16-15(18)12(4)19-14-10(2)7-13(9-17)8-11(14)3/h5,7-8,12,17H,1,6,9H2,2-4H3,(H,16,18). The molecule has 0 saturated carbocycles. The maximum absolute atomic E-state index is 11.7. The van der Waals surface area contributed by atoms with Crippen LogP contribution < -0.4 is 10.1 Å². The van der Waals surface area contributed by atoms with Gasteiger partial charge in [0.1, 0.15) is 5.75 Å². The highest BCUT2D eigenvalue weighted by molar-refractivity contribution is 5.80. The van der Waals surface area contributed by atoms with E-state index < -0.39 is 6.10 Å². The minimum Gasteiger partial charge on any atom is -0.480 e. The zero-order valence-corrected chi connectivity index (χ0v) is 11.7. The molecule has 0 fully saturated rings. The number of benzene rings is 1. The molecule has 4 heteroatoms. The number of hydrogen-bond acceptors (Lipinski definition) is 3. The van der Waals surface area contributed by atoms with Gasteiger partial charge in [0, 0.05) is 6.54 Å². The number of aliphatic hydroxyl groups excluding tert-OH is 1. The summed E-state index contributed by atoms with van der Waals surface area (Å²) in [5, 5.41) is 11.8. The molecule has 19 heavy (non-hydrogen) atoms. The third-order valence-electron chi connectivity index (χ3n) is 2.79. The van der Waals surface area contributed by atoms with Gasteiger partial charge in [0.25, 0.3) is 5.91 Å². The van der Waals surface area contributed by atoms with E-state index in [-0.39, 0.29) is 12.5 Å². The van der Waals surface area contributed by atoms with E-state index in [0.29, 0.717) is 12.3 Å². The van der Waals surface area contributed by atoms with Crippen molar-refractivity contribution in [3.8, 4) is 5.75 Å². The fraction of sp³-hybridized carbons (Fsp3) is 0.400. The van der Waals surface area contributed by atoms with Crippen LogP contribution in [0, 0.1) is 13.8 Å². The normalized spacial score (nSPS) is 11.8. The molecule has 2 N–H and O–H groups in total. The van der Waals surface area contributed by atoms with Gasteiger partial charge in [-0.15, -0.1) is 6.58 Å². The van der Waals surface area contributed by atoms with E-state index in [0.717, 1.165) is 16.7 Å². The second-order valence-electron chi connectivity index (χ2n) is 4.51. The molecule has 0 aliphatic carbocycles. The van der Waals surface area contributed by atoms with Gasteiger partial charge in [0.2, 0.25) is 0 Å². The second kappa shape index (κ2) is 6.95. The van der Waals surface area contributed by atoms with Crippen molar-refractivity contribution in [2.24, 2.45) is 0 Å². The largest absolute Gasteiger partial charge is 0.480 e. The number of carbonyl (C=O) groups excluding carboxylic acids is 1. The molecule has 0 saturated heterocycles. The van der Waals surface area contributed by atoms with Crippen molar-refractivity contribution in [1.82, 2.24) is 5.32 Å². The van der Waals surface area contributed by atoms with E-state index >= 15 is 0 Å². The number of carbonyl (C=O) groups is 1. The minimum atomic E-state index is -0.572. The summed E-state index contributed by atoms with van der Waals surface area (Å²) >= 11 is 0. The van der Waals surface area contributed by atoms with Gasteiger partial charge in [-0.3, -0.25) is 4.79 Å². The number of rotatable bonds is 6. The molecular weight excluding hydrogens is 242 g/mol. The van der Waals surface area contributed by atoms with Crippen molar-refractivity contribution < 1.29 is 14.6 Å². The van der Waals surface area contributed by atoms with Crippen LogP contribution >= 0.6 is 0 Å². The van der Waals surface area contributed by atoms with Gasteiger partial charge in [0.15, 0.2) is 6.10 Å². The van der Waals surface area contributed by atoms with Gasteiger partial charge in [-0.25, -0.2) is 0 Å². The predicted octanol–water partition coefficient (Wildman–Crippen LogP) is 1.87. The van der Waals surface area contributed by atoms with Crippen LogP contribution in [0.15, 0.2) is 24.8 Å². The van der Waals surface area contributed by atoms with Crippen LogP contribution in [0.25, 0.3) is 0 Å². The quantitative estimate of drug-likeness (QED) is 0.770. The molecule has 1 aromatic rings. The second-order valence-corrected chi connectivity index (χ2v) is 4.51. The number of nitrogens with one attached hydrogen (secondary N) is 1. The van der Waals surface area contributed by atoms with E-state index in [2.05, 4.69) is 11.9 Å². The predicted molar refractivity (Wildman–Crippen MR) is 75.1 cm³/mol. The van der Waals surface area contributed by atoms with Crippen LogP contribution in [-0.4, -0.2) is 23.7 Å². The summed E-state index contributed by atoms with van der Waals surface area (Å²) < 4.78 is 5.71. The highest BCUT2D eigenvalue weighted by Crippen LogP contribution is 2.25. The maximum atomic E-state index is 11.7. The Morgan fingerprint density at radius 2 is 2.05 bits per heavy atom. The molecule has 104 valence electrons. The Morgan fingerprint density at radius 3 is 2.53 bits per heavy atom. The zero-order valence-electron chi connectivity index (χ0n) is 11.7. The van der Waals surface area contributed by atoms with E-state index in [1.807, 2.05) is 26.0 Å². The molecule has 1 amide bonds. The Balaban J connectivity index is 2.82. The summed E-state index contributed by atoms with van der Waals surface area (Å²) in [4.78, 5) is 11.7. The highest BCUT2D eigenvalue weighted by Gasteiger charge is 2.16. The molecule has 4 nitrogen and oxygen atoms in total. The van der Waals surface area contributed by atoms with Crippen molar-refractivity contribution in [1.29, 1.82) is 0 Å². The fourth-order valence-electron chi connectivity index (χ4n) is 1.86. The van der Waals surface area contributed by atoms with Gasteiger partial charge in [-0.2, -0.15) is 0 Å². The lowest BCUT2D eigenvalue weighted by molar-refractivity contribution is -0.127. The molecule has 0 aromatic heterocycles. The monoisotopic (exact) mass is 263 g/mol. The van der Waals surface area contributed by atoms with Gasteiger partial charge in [-0.1, -0.05) is 18.2 Å². The lowest BCUT2D eigenvalue weighted by atomic mass is 10.1. The van der Waals surface area contributed by atoms with Crippen LogP contribution in [0.5, 0.6) is 5.75 Å². The number of ether oxygens (including phenoxy) is 1. The van der Waals surface area contributed by atoms with E-state index in [1.54, 1.807) is 13.0 Å². The third-order valence-corrected chi connectivity index (χ3v) is 2.79. The van der Waals surface area contributed by atoms with Crippen LogP contribution in [0.4, 0.5) is 0 Å². The zero-order chi connectivity index (χ0) is 14.4. The summed E-state index contributed by atoms with van der Waals surface area (Å²) in [5.74, 6) is 0.517. The first-order valence-corrected chi connectivity index (χ1v) is 6.25. The summed E-state index contributed by atoms with van der Waals surface area (Å²) in [7, 11) is 0. The molecule has 0 bridgehead atoms. The average Bonchev–Trinajstić information content (AvgIpc) is 2.39. The van der Waals surface area contributed by atoms with Crippen molar-refractivity contribution >= 4 is 5.91 Å². The summed E-state index contributed by atoms with van der Waals surface area (Å²) in [6.07, 6.45) is 1.05. The molecule has 0 heterocycles. The number of aryl methyl sites for hydroxylation is 2. The molecule has 1 rings (SSSR count). The third kappa shape index (κ3) is 4.10. The number of aliphatic hydroxyl groups is 1. The van der Waals surface area contributed by atoms with Crippen LogP contribution in [-0.2, 0) is 11.4 Å². The highest BCUT2D eigenvalue weighted by atomic mass is 16.5. The Labute approximate surface area is 114 Å². The number of hydrogen-bond donors (Lipinski definition) is 2. The van der Waals surface area contributed by atoms with Gasteiger partial charge in [0.05, 0.1) is 6.61 Å². The summed E-state index contributed by atoms with van der Waals surface area (Å²) in [5.41, 5.74) is 2.66. The van der Waals surface area contributed by atoms with Crippen molar-refractivity contribution in [3.05, 3.63) is 41.5 Å². The van der Waals surface area contributed by atoms with Crippen molar-refractivity contribution in [2.45, 2.75) is 33.5 Å². The molecule has 0 aliphatic heterocycles. The molecule has 1 atom stereocenters. The average molecular weight is 263 g/mol. The first kappa shape index (κ1) is 15.2. The van der Waals surface area contributed by atoms with Crippen LogP contribution in [0.2, 0.25) is 0 Å². The van der Waals surface area contributed by atoms with Crippen LogP contribution in [0.3, 0.4) is 0 Å². The van der Waals surface area contributed by atoms with Crippen molar-refractivity contribution in [2.75, 3.05) is 6.54 Å². The molecule has 0 spiro atoms. The maximum Gasteiger partial charge on any atom is 0.261 e. The first-order valence-electron chi connectivity index (χ1n) is 6.25. The van der Waals surface area contributed by atoms with Crippen molar-refractivity contribution in [3.63, 3.8) is 0 Å². The molecule has 0 aliphatic rings. The Hall–Kier alpha value is -1.81. The smallest absolute Gasteiger partial charge is 0.261 e. The Bertz CT molecular complexity index is 445. The topological polar surface area (TPSA) is 58.6 Å². The number of amides is 1. The van der Waals surface area contributed by atoms with Gasteiger partial charge >= 0.3 is 0 Å². The van der Waals surface area contributed by atoms with Crippen LogP contribution in [0.1, 0.15) is 23.6 Å². The lowest BCUT2D eigenvalue weighted by Crippen LogP contribution is -2.36. The Kier molecular flexibility index (Phi) is 5.57. The minimum absolute atomic E-state index is 0.00264. The molecule has 1 unspecified atom stereocenters. The first-order chi connectivity index (χ1) is 8.99. The van der Waals surface area contributed by atoms with Gasteiger partial charge in [-0.05, 0) is 37.5 Å². The summed E-state index contributed by atoms with van der Waals surface area (Å²) in [6.45, 7) is 9.47. The lowest BCUT2D eigenvalue weighted by Gasteiger charge is -2.18. The molecule has 1 aromatic carbocycles. The SMILES string of the molecule is C=CCNC(=O)C(C)Oc1c(C)cc(CO)cc1C. The van der Waals surface area contributed by atoms with Gasteiger partial charge < -0.3 is 15.2 Å². The van der Waals surface area contributed by atoms with E-state index in [1.165, 1.54) is 0 Å². The molecular formula is C15H21NO3.